The zero-order valence-corrected chi connectivity index (χ0v) is 29.8. The van der Waals surface area contributed by atoms with Gasteiger partial charge < -0.3 is 9.47 Å². The summed E-state index contributed by atoms with van der Waals surface area (Å²) in [5, 5.41) is 0. The third-order valence-corrected chi connectivity index (χ3v) is 7.27. The molecule has 0 aromatic carbocycles. The number of unbranched alkanes of at least 4 members (excludes halogenated alkanes) is 2. The number of hydrogen-bond acceptors (Lipinski definition) is 6. The van der Waals surface area contributed by atoms with Gasteiger partial charge in [-0.05, 0) is 78.7 Å². The lowest BCUT2D eigenvalue weighted by Gasteiger charge is -2.25. The van der Waals surface area contributed by atoms with Crippen molar-refractivity contribution in [1.82, 2.24) is 9.97 Å². The highest BCUT2D eigenvalue weighted by Gasteiger charge is 2.28. The molecular formula is C36H63FN2O4. The summed E-state index contributed by atoms with van der Waals surface area (Å²) in [4.78, 5) is 34.0. The molecule has 248 valence electrons. The maximum absolute atomic E-state index is 13.8. The Hall–Kier alpha value is -2.15. The van der Waals surface area contributed by atoms with Gasteiger partial charge in [0.2, 0.25) is 5.85 Å². The highest BCUT2D eigenvalue weighted by Crippen LogP contribution is 2.27. The Bertz CT molecular complexity index is 994. The predicted molar refractivity (Wildman–Crippen MR) is 177 cm³/mol. The van der Waals surface area contributed by atoms with Crippen LogP contribution in [0.1, 0.15) is 163 Å². The fourth-order valence-corrected chi connectivity index (χ4v) is 3.56. The molecule has 2 rings (SSSR count). The fraction of sp³-hybridized carbons (Fsp3) is 0.778. The second-order valence-electron chi connectivity index (χ2n) is 14.4. The molecule has 0 radical (unpaired) electrons. The van der Waals surface area contributed by atoms with Gasteiger partial charge in [0.15, 0.2) is 5.78 Å². The number of Topliss-reactive ketones (excluding diaryl/α,β-unsaturated/α-hetero) is 1. The molecule has 0 saturated heterocycles. The highest BCUT2D eigenvalue weighted by molar-refractivity contribution is 5.94. The van der Waals surface area contributed by atoms with Crippen LogP contribution in [0.3, 0.4) is 0 Å². The van der Waals surface area contributed by atoms with Crippen LogP contribution in [-0.2, 0) is 14.3 Å². The number of ether oxygens (including phenoxy) is 2. The quantitative estimate of drug-likeness (QED) is 0.134. The van der Waals surface area contributed by atoms with E-state index in [9.17, 15) is 14.0 Å². The summed E-state index contributed by atoms with van der Waals surface area (Å²) in [7, 11) is 0. The summed E-state index contributed by atoms with van der Waals surface area (Å²) in [6.07, 6.45) is 12.5. The first-order chi connectivity index (χ1) is 19.7. The van der Waals surface area contributed by atoms with Gasteiger partial charge in [0.1, 0.15) is 11.3 Å². The summed E-state index contributed by atoms with van der Waals surface area (Å²) in [5.41, 5.74) is 2.40. The van der Waals surface area contributed by atoms with Crippen LogP contribution in [-0.4, -0.2) is 39.8 Å². The Morgan fingerprint density at radius 1 is 1.05 bits per heavy atom. The molecule has 1 fully saturated rings. The minimum Gasteiger partial charge on any atom is -0.460 e. The summed E-state index contributed by atoms with van der Waals surface area (Å²) < 4.78 is 24.4. The number of rotatable bonds is 12. The Morgan fingerprint density at radius 3 is 2.00 bits per heavy atom. The summed E-state index contributed by atoms with van der Waals surface area (Å²) in [6.45, 7) is 24.9. The number of hydrogen-bond donors (Lipinski definition) is 0. The zero-order valence-electron chi connectivity index (χ0n) is 29.8. The molecule has 1 heterocycles. The van der Waals surface area contributed by atoms with E-state index in [0.717, 1.165) is 11.6 Å². The monoisotopic (exact) mass is 606 g/mol. The number of alkyl halides is 1. The molecule has 6 nitrogen and oxygen atoms in total. The molecule has 1 atom stereocenters. The molecule has 0 N–H and O–H groups in total. The van der Waals surface area contributed by atoms with Gasteiger partial charge in [-0.3, -0.25) is 14.6 Å². The van der Waals surface area contributed by atoms with Crippen molar-refractivity contribution >= 4 is 17.8 Å². The van der Waals surface area contributed by atoms with Crippen molar-refractivity contribution in [3.63, 3.8) is 0 Å². The van der Waals surface area contributed by atoms with Crippen LogP contribution in [0.5, 0.6) is 0 Å². The average molecular weight is 607 g/mol. The van der Waals surface area contributed by atoms with Gasteiger partial charge in [-0.1, -0.05) is 85.6 Å². The van der Waals surface area contributed by atoms with Crippen molar-refractivity contribution in [2.24, 2.45) is 17.3 Å². The van der Waals surface area contributed by atoms with Crippen LogP contribution in [0.2, 0.25) is 0 Å². The SMILES string of the molecule is C/C(=C\c1ncc(C(=O)CCCC[C@H](COC(C)(C)F)C(=O)OC(C)(C)C)nc1C)C(C)(C)C.CC1CCC1.CCCC. The van der Waals surface area contributed by atoms with Crippen molar-refractivity contribution in [2.45, 2.75) is 159 Å². The number of halogens is 1. The molecule has 7 heteroatoms. The lowest BCUT2D eigenvalue weighted by Crippen LogP contribution is -2.33. The van der Waals surface area contributed by atoms with E-state index < -0.39 is 23.3 Å². The number of ketones is 1. The lowest BCUT2D eigenvalue weighted by atomic mass is 9.87. The standard InChI is InChI=1S/C27H43FN2O4.C5H10.C4H10/c1-18(25(3,4)5)15-21-19(2)30-22(16-29-21)23(31)14-12-11-13-20(17-33-27(9,10)28)24(32)34-26(6,7)8;1-5-3-2-4-5;1-3-4-2/h15-16,20H,11-14,17H2,1-10H3;5H,2-4H2,1H3;3-4H2,1-2H3/b18-15+;;/t20-;;/m1../s1. The topological polar surface area (TPSA) is 78.4 Å². The van der Waals surface area contributed by atoms with Crippen LogP contribution in [0, 0.1) is 24.2 Å². The molecule has 43 heavy (non-hydrogen) atoms. The van der Waals surface area contributed by atoms with E-state index in [1.165, 1.54) is 57.7 Å². The van der Waals surface area contributed by atoms with E-state index in [4.69, 9.17) is 9.47 Å². The summed E-state index contributed by atoms with van der Waals surface area (Å²) >= 11 is 0. The number of nitrogens with zero attached hydrogens (tertiary/aromatic N) is 2. The highest BCUT2D eigenvalue weighted by atomic mass is 19.2. The molecule has 0 unspecified atom stereocenters. The number of aryl methyl sites for hydroxylation is 1. The summed E-state index contributed by atoms with van der Waals surface area (Å²) in [6, 6.07) is 0. The van der Waals surface area contributed by atoms with Crippen LogP contribution in [0.15, 0.2) is 11.8 Å². The van der Waals surface area contributed by atoms with Crippen molar-refractivity contribution in [2.75, 3.05) is 6.61 Å². The Labute approximate surface area is 263 Å². The molecule has 1 aromatic heterocycles. The van der Waals surface area contributed by atoms with Gasteiger partial charge in [-0.25, -0.2) is 9.37 Å². The maximum Gasteiger partial charge on any atom is 0.311 e. The summed E-state index contributed by atoms with van der Waals surface area (Å²) in [5.74, 6) is -1.87. The van der Waals surface area contributed by atoms with Crippen LogP contribution in [0.25, 0.3) is 6.08 Å². The molecule has 1 aliphatic rings. The van der Waals surface area contributed by atoms with Crippen molar-refractivity contribution in [3.05, 3.63) is 28.9 Å². The second-order valence-corrected chi connectivity index (χ2v) is 14.4. The minimum absolute atomic E-state index is 0.0325. The van der Waals surface area contributed by atoms with Gasteiger partial charge in [-0.15, -0.1) is 0 Å². The van der Waals surface area contributed by atoms with Gasteiger partial charge in [0, 0.05) is 6.42 Å². The molecule has 0 amide bonds. The number of esters is 1. The Morgan fingerprint density at radius 2 is 1.60 bits per heavy atom. The van der Waals surface area contributed by atoms with Crippen LogP contribution >= 0.6 is 0 Å². The van der Waals surface area contributed by atoms with E-state index in [0.29, 0.717) is 37.1 Å². The fourth-order valence-electron chi connectivity index (χ4n) is 3.56. The third-order valence-electron chi connectivity index (χ3n) is 7.27. The predicted octanol–water partition coefficient (Wildman–Crippen LogP) is 10.3. The number of carbonyl (C=O) groups is 2. The minimum atomic E-state index is -1.83. The first-order valence-electron chi connectivity index (χ1n) is 16.3. The lowest BCUT2D eigenvalue weighted by molar-refractivity contribution is -0.171. The zero-order chi connectivity index (χ0) is 33.4. The van der Waals surface area contributed by atoms with Gasteiger partial charge in [0.25, 0.3) is 0 Å². The normalized spacial score (nSPS) is 14.9. The van der Waals surface area contributed by atoms with Crippen molar-refractivity contribution < 1.29 is 23.5 Å². The van der Waals surface area contributed by atoms with Crippen LogP contribution < -0.4 is 0 Å². The molecule has 1 saturated carbocycles. The van der Waals surface area contributed by atoms with E-state index in [1.807, 2.05) is 13.0 Å². The van der Waals surface area contributed by atoms with E-state index >= 15 is 0 Å². The largest absolute Gasteiger partial charge is 0.460 e. The van der Waals surface area contributed by atoms with Gasteiger partial charge in [-0.2, -0.15) is 0 Å². The number of allylic oxidation sites excluding steroid dienone is 1. The Kier molecular flexibility index (Phi) is 18.3. The first-order valence-corrected chi connectivity index (χ1v) is 16.3. The average Bonchev–Trinajstić information content (AvgIpc) is 2.86. The maximum atomic E-state index is 13.8. The smallest absolute Gasteiger partial charge is 0.311 e. The van der Waals surface area contributed by atoms with E-state index in [2.05, 4.69) is 58.4 Å². The molecule has 0 spiro atoms. The van der Waals surface area contributed by atoms with E-state index in [-0.39, 0.29) is 17.8 Å². The van der Waals surface area contributed by atoms with Gasteiger partial charge >= 0.3 is 5.97 Å². The Balaban J connectivity index is 0.00000167. The number of aromatic nitrogens is 2. The van der Waals surface area contributed by atoms with Crippen molar-refractivity contribution in [3.8, 4) is 0 Å². The van der Waals surface area contributed by atoms with Gasteiger partial charge in [0.05, 0.1) is 30.1 Å². The molecule has 0 aliphatic heterocycles. The molecule has 0 bridgehead atoms. The second kappa shape index (κ2) is 19.3. The molecular weight excluding hydrogens is 543 g/mol. The van der Waals surface area contributed by atoms with E-state index in [1.54, 1.807) is 20.8 Å². The van der Waals surface area contributed by atoms with Crippen LogP contribution in [0.4, 0.5) is 4.39 Å². The molecule has 1 aromatic rings. The molecule has 1 aliphatic carbocycles. The first kappa shape index (κ1) is 40.9. The number of carbonyl (C=O) groups excluding carboxylic acids is 2. The third kappa shape index (κ3) is 19.7. The van der Waals surface area contributed by atoms with Crippen molar-refractivity contribution in [1.29, 1.82) is 0 Å².